The normalized spacial score (nSPS) is 14.4. The quantitative estimate of drug-likeness (QED) is 0.553. The van der Waals surface area contributed by atoms with Crippen LogP contribution in [0.3, 0.4) is 0 Å². The lowest BCUT2D eigenvalue weighted by atomic mass is 9.85. The van der Waals surface area contributed by atoms with Crippen LogP contribution >= 0.6 is 0 Å². The molecule has 0 aliphatic heterocycles. The summed E-state index contributed by atoms with van der Waals surface area (Å²) in [6.07, 6.45) is 3.96. The van der Waals surface area contributed by atoms with E-state index in [9.17, 15) is 0 Å². The van der Waals surface area contributed by atoms with E-state index in [1.165, 1.54) is 25.8 Å². The monoisotopic (exact) mass is 270 g/mol. The minimum Gasteiger partial charge on any atom is -0.316 e. The summed E-state index contributed by atoms with van der Waals surface area (Å²) in [4.78, 5) is 0. The molecule has 0 heterocycles. The van der Waals surface area contributed by atoms with E-state index in [-0.39, 0.29) is 5.54 Å². The summed E-state index contributed by atoms with van der Waals surface area (Å²) in [6, 6.07) is 0. The van der Waals surface area contributed by atoms with Crippen LogP contribution in [0.4, 0.5) is 0 Å². The van der Waals surface area contributed by atoms with Gasteiger partial charge in [-0.15, -0.1) is 0 Å². The predicted molar refractivity (Wildman–Crippen MR) is 87.6 cm³/mol. The van der Waals surface area contributed by atoms with Crippen LogP contribution in [0.15, 0.2) is 0 Å². The summed E-state index contributed by atoms with van der Waals surface area (Å²) in [6.45, 7) is 19.6. The van der Waals surface area contributed by atoms with Crippen molar-refractivity contribution in [1.82, 2.24) is 10.6 Å². The highest BCUT2D eigenvalue weighted by Crippen LogP contribution is 2.22. The smallest absolute Gasteiger partial charge is 0.0150 e. The zero-order valence-electron chi connectivity index (χ0n) is 14.5. The minimum atomic E-state index is 0.260. The highest BCUT2D eigenvalue weighted by molar-refractivity contribution is 4.83. The van der Waals surface area contributed by atoms with E-state index in [2.05, 4.69) is 59.1 Å². The molecule has 0 aliphatic carbocycles. The van der Waals surface area contributed by atoms with Crippen LogP contribution in [0.5, 0.6) is 0 Å². The van der Waals surface area contributed by atoms with E-state index in [0.717, 1.165) is 30.8 Å². The number of nitrogens with one attached hydrogen (secondary N) is 2. The fourth-order valence-electron chi connectivity index (χ4n) is 2.09. The summed E-state index contributed by atoms with van der Waals surface area (Å²) in [5.74, 6) is 2.22. The molecule has 19 heavy (non-hydrogen) atoms. The summed E-state index contributed by atoms with van der Waals surface area (Å²) >= 11 is 0. The average Bonchev–Trinajstić information content (AvgIpc) is 2.30. The third kappa shape index (κ3) is 10.4. The summed E-state index contributed by atoms with van der Waals surface area (Å²) < 4.78 is 0. The lowest BCUT2D eigenvalue weighted by Gasteiger charge is -2.34. The van der Waals surface area contributed by atoms with Crippen molar-refractivity contribution < 1.29 is 0 Å². The average molecular weight is 271 g/mol. The molecule has 1 unspecified atom stereocenters. The summed E-state index contributed by atoms with van der Waals surface area (Å²) in [7, 11) is 0. The number of hydrogen-bond acceptors (Lipinski definition) is 2. The Morgan fingerprint density at radius 1 is 0.842 bits per heavy atom. The second kappa shape index (κ2) is 9.77. The predicted octanol–water partition coefficient (Wildman–Crippen LogP) is 4.06. The van der Waals surface area contributed by atoms with E-state index < -0.39 is 0 Å². The summed E-state index contributed by atoms with van der Waals surface area (Å²) in [5.41, 5.74) is 0.260. The molecule has 0 bridgehead atoms. The van der Waals surface area contributed by atoms with Crippen LogP contribution in [-0.2, 0) is 0 Å². The van der Waals surface area contributed by atoms with Gasteiger partial charge in [0.15, 0.2) is 0 Å². The van der Waals surface area contributed by atoms with Gasteiger partial charge >= 0.3 is 0 Å². The van der Waals surface area contributed by atoms with Crippen molar-refractivity contribution in [1.29, 1.82) is 0 Å². The molecule has 0 aromatic carbocycles. The molecule has 0 aromatic rings. The van der Waals surface area contributed by atoms with E-state index in [0.29, 0.717) is 0 Å². The van der Waals surface area contributed by atoms with Crippen molar-refractivity contribution in [3.8, 4) is 0 Å². The Morgan fingerprint density at radius 3 is 1.95 bits per heavy atom. The molecular formula is C17H38N2. The standard InChI is InChI=1S/C17H38N2/c1-14(2)12-18-11-9-8-10-16(5)17(6,7)19-13-15(3)4/h14-16,18-19H,8-13H2,1-7H3. The molecule has 0 aliphatic rings. The van der Waals surface area contributed by atoms with Crippen LogP contribution in [-0.4, -0.2) is 25.2 Å². The van der Waals surface area contributed by atoms with Gasteiger partial charge in [0.05, 0.1) is 0 Å². The molecule has 2 heteroatoms. The zero-order valence-corrected chi connectivity index (χ0v) is 14.5. The lowest BCUT2D eigenvalue weighted by Crippen LogP contribution is -2.46. The van der Waals surface area contributed by atoms with Gasteiger partial charge in [-0.3, -0.25) is 0 Å². The first kappa shape index (κ1) is 18.9. The molecule has 0 saturated heterocycles. The maximum Gasteiger partial charge on any atom is 0.0150 e. The van der Waals surface area contributed by atoms with Gasteiger partial charge in [-0.25, -0.2) is 0 Å². The van der Waals surface area contributed by atoms with Crippen LogP contribution in [0.1, 0.15) is 67.7 Å². The maximum absolute atomic E-state index is 3.71. The molecule has 0 rings (SSSR count). The molecule has 1 atom stereocenters. The van der Waals surface area contributed by atoms with E-state index in [1.54, 1.807) is 0 Å². The maximum atomic E-state index is 3.71. The Balaban J connectivity index is 3.68. The van der Waals surface area contributed by atoms with E-state index in [4.69, 9.17) is 0 Å². The first-order valence-electron chi connectivity index (χ1n) is 8.21. The summed E-state index contributed by atoms with van der Waals surface area (Å²) in [5, 5.41) is 7.23. The first-order chi connectivity index (χ1) is 8.75. The topological polar surface area (TPSA) is 24.1 Å². The van der Waals surface area contributed by atoms with Crippen LogP contribution < -0.4 is 10.6 Å². The highest BCUT2D eigenvalue weighted by atomic mass is 15.0. The molecule has 0 radical (unpaired) electrons. The molecule has 2 N–H and O–H groups in total. The van der Waals surface area contributed by atoms with E-state index in [1.807, 2.05) is 0 Å². The molecule has 0 aromatic heterocycles. The third-order valence-corrected chi connectivity index (χ3v) is 3.99. The number of hydrogen-bond donors (Lipinski definition) is 2. The largest absolute Gasteiger partial charge is 0.316 e. The van der Waals surface area contributed by atoms with Crippen LogP contribution in [0.25, 0.3) is 0 Å². The van der Waals surface area contributed by atoms with Gasteiger partial charge in [0, 0.05) is 5.54 Å². The van der Waals surface area contributed by atoms with Crippen molar-refractivity contribution >= 4 is 0 Å². The first-order valence-corrected chi connectivity index (χ1v) is 8.21. The van der Waals surface area contributed by atoms with Crippen molar-refractivity contribution in [3.05, 3.63) is 0 Å². The van der Waals surface area contributed by atoms with Gasteiger partial charge in [-0.05, 0) is 64.1 Å². The van der Waals surface area contributed by atoms with Crippen molar-refractivity contribution in [2.75, 3.05) is 19.6 Å². The van der Waals surface area contributed by atoms with Crippen molar-refractivity contribution in [2.45, 2.75) is 73.3 Å². The zero-order chi connectivity index (χ0) is 14.9. The number of unbranched alkanes of at least 4 members (excludes halogenated alkanes) is 1. The Hall–Kier alpha value is -0.0800. The Bertz CT molecular complexity index is 209. The molecule has 2 nitrogen and oxygen atoms in total. The second-order valence-electron chi connectivity index (χ2n) is 7.49. The van der Waals surface area contributed by atoms with Gasteiger partial charge in [0.25, 0.3) is 0 Å². The fraction of sp³-hybridized carbons (Fsp3) is 1.00. The lowest BCUT2D eigenvalue weighted by molar-refractivity contribution is 0.242. The fourth-order valence-corrected chi connectivity index (χ4v) is 2.09. The Morgan fingerprint density at radius 2 is 1.42 bits per heavy atom. The minimum absolute atomic E-state index is 0.260. The van der Waals surface area contributed by atoms with E-state index >= 15 is 0 Å². The van der Waals surface area contributed by atoms with Crippen molar-refractivity contribution in [3.63, 3.8) is 0 Å². The Labute approximate surface area is 122 Å². The molecule has 0 saturated carbocycles. The van der Waals surface area contributed by atoms with Gasteiger partial charge in [0.2, 0.25) is 0 Å². The second-order valence-corrected chi connectivity index (χ2v) is 7.49. The molecular weight excluding hydrogens is 232 g/mol. The van der Waals surface area contributed by atoms with Gasteiger partial charge in [0.1, 0.15) is 0 Å². The number of rotatable bonds is 11. The molecule has 0 amide bonds. The van der Waals surface area contributed by atoms with Gasteiger partial charge in [-0.2, -0.15) is 0 Å². The molecule has 0 spiro atoms. The van der Waals surface area contributed by atoms with Crippen LogP contribution in [0, 0.1) is 17.8 Å². The Kier molecular flexibility index (Phi) is 9.72. The molecule has 0 fully saturated rings. The van der Waals surface area contributed by atoms with Gasteiger partial charge < -0.3 is 10.6 Å². The third-order valence-electron chi connectivity index (χ3n) is 3.99. The highest BCUT2D eigenvalue weighted by Gasteiger charge is 2.24. The van der Waals surface area contributed by atoms with Crippen LogP contribution in [0.2, 0.25) is 0 Å². The molecule has 116 valence electrons. The van der Waals surface area contributed by atoms with Crippen molar-refractivity contribution in [2.24, 2.45) is 17.8 Å². The van der Waals surface area contributed by atoms with Gasteiger partial charge in [-0.1, -0.05) is 41.0 Å². The SMILES string of the molecule is CC(C)CNCCCCC(C)C(C)(C)NCC(C)C.